The fraction of sp³-hybridized carbons (Fsp3) is 0. The third kappa shape index (κ3) is 4.45. The number of hydrogen-bond donors (Lipinski definition) is 0. The van der Waals surface area contributed by atoms with Gasteiger partial charge < -0.3 is 18.5 Å². The van der Waals surface area contributed by atoms with Gasteiger partial charge in [-0.15, -0.1) is 0 Å². The molecule has 4 heteroatoms. The molecule has 3 heterocycles. The summed E-state index contributed by atoms with van der Waals surface area (Å²) in [4.78, 5) is 2.34. The van der Waals surface area contributed by atoms with E-state index in [1.807, 2.05) is 24.3 Å². The summed E-state index contributed by atoms with van der Waals surface area (Å²) in [5.74, 6) is 1.53. The second-order valence-corrected chi connectivity index (χ2v) is 15.2. The Bertz CT molecular complexity index is 3490. The highest BCUT2D eigenvalue weighted by molar-refractivity contribution is 6.26. The molecule has 1 aliphatic rings. The van der Waals surface area contributed by atoms with Gasteiger partial charge in [-0.1, -0.05) is 140 Å². The normalized spacial score (nSPS) is 12.6. The molecule has 0 bridgehead atoms. The van der Waals surface area contributed by atoms with Crippen LogP contribution in [-0.2, 0) is 0 Å². The van der Waals surface area contributed by atoms with Crippen molar-refractivity contribution in [3.8, 4) is 33.8 Å². The summed E-state index contributed by atoms with van der Waals surface area (Å²) in [7, 11) is 0. The maximum atomic E-state index is 7.01. The topological polar surface area (TPSA) is 38.8 Å². The van der Waals surface area contributed by atoms with Gasteiger partial charge in [0.15, 0.2) is 11.5 Å². The predicted molar refractivity (Wildman–Crippen MR) is 239 cm³/mol. The molecule has 0 saturated carbocycles. The van der Waals surface area contributed by atoms with E-state index in [-0.39, 0.29) is 0 Å². The number of fused-ring (bicyclic) bond motifs is 14. The monoisotopic (exact) mass is 741 g/mol. The molecule has 0 spiro atoms. The summed E-state index contributed by atoms with van der Waals surface area (Å²) < 4.78 is 20.0. The van der Waals surface area contributed by atoms with Crippen LogP contribution in [0.2, 0.25) is 0 Å². The fourth-order valence-electron chi connectivity index (χ4n) is 9.41. The van der Waals surface area contributed by atoms with E-state index in [0.717, 1.165) is 94.7 Å². The Morgan fingerprint density at radius 3 is 1.26 bits per heavy atom. The van der Waals surface area contributed by atoms with E-state index in [1.54, 1.807) is 0 Å². The SMILES string of the molecule is c1ccc2c(c1)oc1c(-c3ccc4c(c3)Oc3cc(-c5cccc6c5oc5ccccc56)ccc3N4c3ccc4c5ccccc5c5ccccc5c4c3)cccc12. The molecule has 12 aromatic rings. The largest absolute Gasteiger partial charge is 0.455 e. The number of furan rings is 2. The third-order valence-corrected chi connectivity index (χ3v) is 12.0. The maximum absolute atomic E-state index is 7.01. The highest BCUT2D eigenvalue weighted by Crippen LogP contribution is 2.54. The second kappa shape index (κ2) is 11.8. The minimum absolute atomic E-state index is 0.765. The summed E-state index contributed by atoms with van der Waals surface area (Å²) >= 11 is 0. The molecular formula is C54H31NO3. The molecule has 0 amide bonds. The van der Waals surface area contributed by atoms with Crippen LogP contribution in [0, 0.1) is 0 Å². The Hall–Kier alpha value is -7.82. The van der Waals surface area contributed by atoms with Crippen molar-refractivity contribution < 1.29 is 13.6 Å². The van der Waals surface area contributed by atoms with Gasteiger partial charge in [-0.25, -0.2) is 0 Å². The minimum Gasteiger partial charge on any atom is -0.455 e. The Labute approximate surface area is 332 Å². The number of benzene rings is 10. The first-order chi connectivity index (χ1) is 28.7. The van der Waals surface area contributed by atoms with Crippen molar-refractivity contribution in [3.05, 3.63) is 188 Å². The number of hydrogen-bond acceptors (Lipinski definition) is 4. The highest BCUT2D eigenvalue weighted by atomic mass is 16.5. The van der Waals surface area contributed by atoms with E-state index in [4.69, 9.17) is 13.6 Å². The first-order valence-corrected chi connectivity index (χ1v) is 19.7. The summed E-state index contributed by atoms with van der Waals surface area (Å²) in [5, 5.41) is 11.8. The minimum atomic E-state index is 0.765. The second-order valence-electron chi connectivity index (χ2n) is 15.2. The molecule has 2 aromatic heterocycles. The Kier molecular flexibility index (Phi) is 6.41. The van der Waals surface area contributed by atoms with Crippen LogP contribution in [0.15, 0.2) is 197 Å². The smallest absolute Gasteiger partial charge is 0.152 e. The summed E-state index contributed by atoms with van der Waals surface area (Å²) in [6.45, 7) is 0. The van der Waals surface area contributed by atoms with E-state index in [2.05, 4.69) is 169 Å². The molecular weight excluding hydrogens is 711 g/mol. The molecule has 1 aliphatic heterocycles. The number of anilines is 3. The van der Waals surface area contributed by atoms with Crippen LogP contribution in [0.1, 0.15) is 0 Å². The van der Waals surface area contributed by atoms with E-state index < -0.39 is 0 Å². The van der Waals surface area contributed by atoms with E-state index >= 15 is 0 Å². The molecule has 0 radical (unpaired) electrons. The molecule has 0 N–H and O–H groups in total. The Morgan fingerprint density at radius 1 is 0.310 bits per heavy atom. The molecule has 0 saturated heterocycles. The first-order valence-electron chi connectivity index (χ1n) is 19.7. The Morgan fingerprint density at radius 2 is 0.741 bits per heavy atom. The van der Waals surface area contributed by atoms with Crippen LogP contribution < -0.4 is 9.64 Å². The van der Waals surface area contributed by atoms with Crippen molar-refractivity contribution >= 4 is 93.3 Å². The van der Waals surface area contributed by atoms with Crippen molar-refractivity contribution in [1.82, 2.24) is 0 Å². The van der Waals surface area contributed by atoms with Crippen LogP contribution in [0.3, 0.4) is 0 Å². The maximum Gasteiger partial charge on any atom is 0.152 e. The van der Waals surface area contributed by atoms with Crippen LogP contribution >= 0.6 is 0 Å². The van der Waals surface area contributed by atoms with E-state index in [9.17, 15) is 0 Å². The summed E-state index contributed by atoms with van der Waals surface area (Å²) in [6, 6.07) is 66.6. The predicted octanol–water partition coefficient (Wildman–Crippen LogP) is 15.9. The summed E-state index contributed by atoms with van der Waals surface area (Å²) in [6.07, 6.45) is 0. The van der Waals surface area contributed by atoms with Gasteiger partial charge in [0.05, 0.1) is 11.4 Å². The number of rotatable bonds is 3. The molecule has 13 rings (SSSR count). The lowest BCUT2D eigenvalue weighted by Gasteiger charge is -2.33. The molecule has 10 aromatic carbocycles. The summed E-state index contributed by atoms with van der Waals surface area (Å²) in [5.41, 5.74) is 10.5. The van der Waals surface area contributed by atoms with Crippen molar-refractivity contribution in [3.63, 3.8) is 0 Å². The Balaban J connectivity index is 1.03. The van der Waals surface area contributed by atoms with Crippen molar-refractivity contribution in [2.75, 3.05) is 4.90 Å². The zero-order valence-electron chi connectivity index (χ0n) is 31.1. The molecule has 0 fully saturated rings. The van der Waals surface area contributed by atoms with Crippen molar-refractivity contribution in [2.24, 2.45) is 0 Å². The van der Waals surface area contributed by atoms with Crippen LogP contribution in [0.5, 0.6) is 11.5 Å². The zero-order chi connectivity index (χ0) is 37.9. The van der Waals surface area contributed by atoms with Crippen molar-refractivity contribution in [2.45, 2.75) is 0 Å². The lowest BCUT2D eigenvalue weighted by molar-refractivity contribution is 0.477. The van der Waals surface area contributed by atoms with Gasteiger partial charge in [-0.05, 0) is 92.0 Å². The van der Waals surface area contributed by atoms with Gasteiger partial charge >= 0.3 is 0 Å². The molecule has 0 aliphatic carbocycles. The van der Waals surface area contributed by atoms with Crippen LogP contribution in [0.4, 0.5) is 17.1 Å². The highest BCUT2D eigenvalue weighted by Gasteiger charge is 2.28. The lowest BCUT2D eigenvalue weighted by atomic mass is 9.93. The fourth-order valence-corrected chi connectivity index (χ4v) is 9.41. The first kappa shape index (κ1) is 31.4. The van der Waals surface area contributed by atoms with Gasteiger partial charge in [0, 0.05) is 38.4 Å². The van der Waals surface area contributed by atoms with Gasteiger partial charge in [0.1, 0.15) is 22.3 Å². The third-order valence-electron chi connectivity index (χ3n) is 12.0. The number of ether oxygens (including phenoxy) is 1. The lowest BCUT2D eigenvalue weighted by Crippen LogP contribution is -2.16. The quantitative estimate of drug-likeness (QED) is 0.169. The zero-order valence-corrected chi connectivity index (χ0v) is 31.1. The number of nitrogens with zero attached hydrogens (tertiary/aromatic N) is 1. The van der Waals surface area contributed by atoms with Gasteiger partial charge in [0.25, 0.3) is 0 Å². The van der Waals surface area contributed by atoms with Gasteiger partial charge in [0.2, 0.25) is 0 Å². The van der Waals surface area contributed by atoms with Crippen molar-refractivity contribution in [1.29, 1.82) is 0 Å². The average molecular weight is 742 g/mol. The molecule has 270 valence electrons. The van der Waals surface area contributed by atoms with Crippen LogP contribution in [-0.4, -0.2) is 0 Å². The molecule has 0 atom stereocenters. The van der Waals surface area contributed by atoms with Crippen LogP contribution in [0.25, 0.3) is 98.4 Å². The molecule has 58 heavy (non-hydrogen) atoms. The standard InChI is InChI=1S/C54H31NO3/c1-2-13-39-37(11-1)38-12-3-4-14-40(38)46-31-34(25-26-41(39)46)55-47-27-23-32(35-17-9-19-44-42-15-5-7-21-49(42)57-53(35)44)29-51(47)56-52-30-33(24-28-48(52)55)36-18-10-20-45-43-16-6-8-22-50(43)58-54(36)45/h1-31H. The average Bonchev–Trinajstić information content (AvgIpc) is 3.87. The van der Waals surface area contributed by atoms with Gasteiger partial charge in [-0.3, -0.25) is 0 Å². The van der Waals surface area contributed by atoms with E-state index in [0.29, 0.717) is 0 Å². The van der Waals surface area contributed by atoms with Gasteiger partial charge in [-0.2, -0.15) is 0 Å². The molecule has 0 unspecified atom stereocenters. The molecule has 4 nitrogen and oxygen atoms in total. The van der Waals surface area contributed by atoms with E-state index in [1.165, 1.54) is 32.3 Å². The number of para-hydroxylation sites is 4.